The van der Waals surface area contributed by atoms with Gasteiger partial charge in [0, 0.05) is 17.7 Å². The Morgan fingerprint density at radius 1 is 1.13 bits per heavy atom. The molecule has 0 aliphatic carbocycles. The van der Waals surface area contributed by atoms with E-state index in [2.05, 4.69) is 0 Å². The van der Waals surface area contributed by atoms with E-state index in [1.165, 1.54) is 6.07 Å². The Labute approximate surface area is 89.3 Å². The summed E-state index contributed by atoms with van der Waals surface area (Å²) in [6.45, 7) is 7.38. The Bertz CT molecular complexity index is 367. The van der Waals surface area contributed by atoms with Gasteiger partial charge in [-0.05, 0) is 24.0 Å². The van der Waals surface area contributed by atoms with E-state index in [0.717, 1.165) is 6.07 Å². The SMILES string of the molecule is Cc1cc(C(N)C(C)(C)C)c(F)cc1F. The van der Waals surface area contributed by atoms with Crippen LogP contribution in [0, 0.1) is 24.0 Å². The van der Waals surface area contributed by atoms with Crippen LogP contribution < -0.4 is 5.73 Å². The average Bonchev–Trinajstić information content (AvgIpc) is 2.08. The van der Waals surface area contributed by atoms with Crippen molar-refractivity contribution >= 4 is 0 Å². The van der Waals surface area contributed by atoms with E-state index in [0.29, 0.717) is 11.1 Å². The third-order valence-electron chi connectivity index (χ3n) is 2.55. The Morgan fingerprint density at radius 3 is 2.13 bits per heavy atom. The molecule has 0 radical (unpaired) electrons. The van der Waals surface area contributed by atoms with Gasteiger partial charge in [-0.3, -0.25) is 0 Å². The first-order chi connectivity index (χ1) is 6.73. The monoisotopic (exact) mass is 213 g/mol. The molecule has 0 aliphatic heterocycles. The Balaban J connectivity index is 3.21. The molecule has 0 saturated carbocycles. The van der Waals surface area contributed by atoms with Gasteiger partial charge in [-0.2, -0.15) is 0 Å². The molecule has 1 aromatic rings. The van der Waals surface area contributed by atoms with Crippen molar-refractivity contribution in [3.8, 4) is 0 Å². The van der Waals surface area contributed by atoms with E-state index >= 15 is 0 Å². The molecule has 2 N–H and O–H groups in total. The molecule has 0 aromatic heterocycles. The standard InChI is InChI=1S/C12H17F2N/c1-7-5-8(10(14)6-9(7)13)11(15)12(2,3)4/h5-6,11H,15H2,1-4H3. The topological polar surface area (TPSA) is 26.0 Å². The van der Waals surface area contributed by atoms with Crippen molar-refractivity contribution in [3.63, 3.8) is 0 Å². The van der Waals surface area contributed by atoms with Crippen LogP contribution in [0.4, 0.5) is 8.78 Å². The normalized spacial score (nSPS) is 14.1. The van der Waals surface area contributed by atoms with Gasteiger partial charge in [0.25, 0.3) is 0 Å². The molecule has 15 heavy (non-hydrogen) atoms. The number of rotatable bonds is 1. The molecular formula is C12H17F2N. The van der Waals surface area contributed by atoms with Crippen molar-refractivity contribution in [2.24, 2.45) is 11.1 Å². The maximum atomic E-state index is 13.5. The van der Waals surface area contributed by atoms with Crippen molar-refractivity contribution in [2.75, 3.05) is 0 Å². The summed E-state index contributed by atoms with van der Waals surface area (Å²) in [7, 11) is 0. The molecule has 0 bridgehead atoms. The Hall–Kier alpha value is -0.960. The van der Waals surface area contributed by atoms with E-state index in [4.69, 9.17) is 5.73 Å². The van der Waals surface area contributed by atoms with Crippen molar-refractivity contribution in [1.29, 1.82) is 0 Å². The molecule has 0 amide bonds. The summed E-state index contributed by atoms with van der Waals surface area (Å²) in [4.78, 5) is 0. The lowest BCUT2D eigenvalue weighted by Gasteiger charge is -2.28. The van der Waals surface area contributed by atoms with Crippen LogP contribution in [0.15, 0.2) is 12.1 Å². The van der Waals surface area contributed by atoms with E-state index < -0.39 is 17.7 Å². The highest BCUT2D eigenvalue weighted by Crippen LogP contribution is 2.32. The zero-order chi connectivity index (χ0) is 11.8. The van der Waals surface area contributed by atoms with Gasteiger partial charge in [0.1, 0.15) is 11.6 Å². The maximum absolute atomic E-state index is 13.5. The fraction of sp³-hybridized carbons (Fsp3) is 0.500. The van der Waals surface area contributed by atoms with Gasteiger partial charge in [-0.15, -0.1) is 0 Å². The summed E-state index contributed by atoms with van der Waals surface area (Å²) < 4.78 is 26.5. The molecule has 1 unspecified atom stereocenters. The number of benzene rings is 1. The zero-order valence-corrected chi connectivity index (χ0v) is 9.57. The molecule has 1 aromatic carbocycles. The van der Waals surface area contributed by atoms with Gasteiger partial charge in [0.2, 0.25) is 0 Å². The molecule has 0 spiro atoms. The molecule has 84 valence electrons. The van der Waals surface area contributed by atoms with E-state index in [1.807, 2.05) is 20.8 Å². The molecular weight excluding hydrogens is 196 g/mol. The van der Waals surface area contributed by atoms with Crippen LogP contribution in [0.5, 0.6) is 0 Å². The first-order valence-corrected chi connectivity index (χ1v) is 4.94. The van der Waals surface area contributed by atoms with E-state index in [1.54, 1.807) is 6.92 Å². The van der Waals surface area contributed by atoms with Gasteiger partial charge in [0.15, 0.2) is 0 Å². The van der Waals surface area contributed by atoms with Crippen LogP contribution in [0.3, 0.4) is 0 Å². The molecule has 3 heteroatoms. The first kappa shape index (κ1) is 12.1. The Morgan fingerprint density at radius 2 is 1.67 bits per heavy atom. The number of halogens is 2. The summed E-state index contributed by atoms with van der Waals surface area (Å²) in [5, 5.41) is 0. The van der Waals surface area contributed by atoms with Gasteiger partial charge in [0.05, 0.1) is 0 Å². The Kier molecular flexibility index (Phi) is 3.14. The van der Waals surface area contributed by atoms with E-state index in [-0.39, 0.29) is 5.41 Å². The highest BCUT2D eigenvalue weighted by atomic mass is 19.1. The van der Waals surface area contributed by atoms with Gasteiger partial charge < -0.3 is 5.73 Å². The minimum Gasteiger partial charge on any atom is -0.323 e. The van der Waals surface area contributed by atoms with Crippen LogP contribution in [0.25, 0.3) is 0 Å². The highest BCUT2D eigenvalue weighted by molar-refractivity contribution is 5.29. The summed E-state index contributed by atoms with van der Waals surface area (Å²) >= 11 is 0. The molecule has 0 fully saturated rings. The number of aryl methyl sites for hydroxylation is 1. The minimum atomic E-state index is -0.569. The molecule has 0 aliphatic rings. The molecule has 1 nitrogen and oxygen atoms in total. The largest absolute Gasteiger partial charge is 0.323 e. The molecule has 0 heterocycles. The summed E-state index contributed by atoms with van der Waals surface area (Å²) in [5.41, 5.74) is 6.48. The number of hydrogen-bond donors (Lipinski definition) is 1. The second kappa shape index (κ2) is 3.89. The summed E-state index contributed by atoms with van der Waals surface area (Å²) in [5.74, 6) is -1.10. The maximum Gasteiger partial charge on any atom is 0.130 e. The lowest BCUT2D eigenvalue weighted by atomic mass is 9.82. The predicted octanol–water partition coefficient (Wildman–Crippen LogP) is 3.32. The van der Waals surface area contributed by atoms with Crippen molar-refractivity contribution in [3.05, 3.63) is 34.9 Å². The second-order valence-electron chi connectivity index (χ2n) is 4.97. The number of hydrogen-bond acceptors (Lipinski definition) is 1. The van der Waals surface area contributed by atoms with Crippen LogP contribution in [0.2, 0.25) is 0 Å². The van der Waals surface area contributed by atoms with Crippen LogP contribution in [-0.2, 0) is 0 Å². The number of nitrogens with two attached hydrogens (primary N) is 1. The van der Waals surface area contributed by atoms with Crippen molar-refractivity contribution in [1.82, 2.24) is 0 Å². The zero-order valence-electron chi connectivity index (χ0n) is 9.57. The van der Waals surface area contributed by atoms with Crippen molar-refractivity contribution in [2.45, 2.75) is 33.7 Å². The summed E-state index contributed by atoms with van der Waals surface area (Å²) in [6.07, 6.45) is 0. The fourth-order valence-corrected chi connectivity index (χ4v) is 1.38. The third kappa shape index (κ3) is 2.53. The lowest BCUT2D eigenvalue weighted by Crippen LogP contribution is -2.27. The van der Waals surface area contributed by atoms with Crippen LogP contribution >= 0.6 is 0 Å². The predicted molar refractivity (Wildman–Crippen MR) is 57.5 cm³/mol. The van der Waals surface area contributed by atoms with Gasteiger partial charge in [-0.25, -0.2) is 8.78 Å². The van der Waals surface area contributed by atoms with Gasteiger partial charge >= 0.3 is 0 Å². The smallest absolute Gasteiger partial charge is 0.130 e. The quantitative estimate of drug-likeness (QED) is 0.760. The summed E-state index contributed by atoms with van der Waals surface area (Å²) in [6, 6.07) is 1.95. The highest BCUT2D eigenvalue weighted by Gasteiger charge is 2.25. The minimum absolute atomic E-state index is 0.245. The third-order valence-corrected chi connectivity index (χ3v) is 2.55. The lowest BCUT2D eigenvalue weighted by molar-refractivity contribution is 0.318. The average molecular weight is 213 g/mol. The van der Waals surface area contributed by atoms with Crippen LogP contribution in [0.1, 0.15) is 37.9 Å². The van der Waals surface area contributed by atoms with Crippen molar-refractivity contribution < 1.29 is 8.78 Å². The molecule has 1 atom stereocenters. The molecule has 1 rings (SSSR count). The van der Waals surface area contributed by atoms with Crippen LogP contribution in [-0.4, -0.2) is 0 Å². The molecule has 0 saturated heterocycles. The second-order valence-corrected chi connectivity index (χ2v) is 4.97. The van der Waals surface area contributed by atoms with Gasteiger partial charge in [-0.1, -0.05) is 20.8 Å². The fourth-order valence-electron chi connectivity index (χ4n) is 1.38. The van der Waals surface area contributed by atoms with E-state index in [9.17, 15) is 8.78 Å². The first-order valence-electron chi connectivity index (χ1n) is 4.94.